The van der Waals surface area contributed by atoms with Crippen molar-refractivity contribution in [2.24, 2.45) is 4.99 Å². The summed E-state index contributed by atoms with van der Waals surface area (Å²) in [5.41, 5.74) is 2.16. The molecule has 2 aromatic carbocycles. The predicted molar refractivity (Wildman–Crippen MR) is 108 cm³/mol. The van der Waals surface area contributed by atoms with Crippen LogP contribution in [0.4, 0.5) is 0 Å². The third-order valence-electron chi connectivity index (χ3n) is 4.55. The molecule has 27 heavy (non-hydrogen) atoms. The highest BCUT2D eigenvalue weighted by Gasteiger charge is 2.27. The number of ketones is 1. The molecule has 0 saturated carbocycles. The molecule has 0 spiro atoms. The van der Waals surface area contributed by atoms with E-state index in [0.717, 1.165) is 16.9 Å². The fourth-order valence-electron chi connectivity index (χ4n) is 3.05. The molecule has 1 unspecified atom stereocenters. The van der Waals surface area contributed by atoms with Gasteiger partial charge in [0, 0.05) is 19.1 Å². The van der Waals surface area contributed by atoms with Crippen molar-refractivity contribution < 1.29 is 14.6 Å². The van der Waals surface area contributed by atoms with Gasteiger partial charge in [-0.3, -0.25) is 9.79 Å². The van der Waals surface area contributed by atoms with Crippen molar-refractivity contribution in [3.05, 3.63) is 75.0 Å². The zero-order valence-electron chi connectivity index (χ0n) is 14.8. The van der Waals surface area contributed by atoms with E-state index in [9.17, 15) is 9.90 Å². The number of carbonyl (C=O) groups excluding carboxylic acids is 1. The predicted octanol–water partition coefficient (Wildman–Crippen LogP) is 5.53. The van der Waals surface area contributed by atoms with Crippen molar-refractivity contribution in [1.29, 1.82) is 0 Å². The van der Waals surface area contributed by atoms with E-state index in [1.54, 1.807) is 19.2 Å². The fraction of sp³-hybridized carbons (Fsp3) is 0.238. The van der Waals surface area contributed by atoms with Crippen LogP contribution in [0.1, 0.15) is 29.9 Å². The second-order valence-electron chi connectivity index (χ2n) is 6.38. The first-order valence-corrected chi connectivity index (χ1v) is 9.26. The first-order chi connectivity index (χ1) is 13.0. The maximum Gasteiger partial charge on any atom is 0.168 e. The lowest BCUT2D eigenvalue weighted by atomic mass is 9.83. The zero-order chi connectivity index (χ0) is 19.4. The topological polar surface area (TPSA) is 58.9 Å². The second kappa shape index (κ2) is 8.59. The first kappa shape index (κ1) is 19.5. The van der Waals surface area contributed by atoms with E-state index in [4.69, 9.17) is 27.9 Å². The summed E-state index contributed by atoms with van der Waals surface area (Å²) in [6, 6.07) is 12.8. The van der Waals surface area contributed by atoms with Gasteiger partial charge in [0.1, 0.15) is 11.5 Å². The number of methoxy groups -OCH3 is 1. The Bertz CT molecular complexity index is 904. The Balaban J connectivity index is 1.70. The van der Waals surface area contributed by atoms with Crippen LogP contribution in [0.3, 0.4) is 0 Å². The van der Waals surface area contributed by atoms with Crippen LogP contribution in [0, 0.1) is 0 Å². The zero-order valence-corrected chi connectivity index (χ0v) is 16.3. The van der Waals surface area contributed by atoms with Crippen molar-refractivity contribution in [2.45, 2.75) is 25.3 Å². The summed E-state index contributed by atoms with van der Waals surface area (Å²) in [6.07, 6.45) is 2.20. The minimum atomic E-state index is -0.113. The summed E-state index contributed by atoms with van der Waals surface area (Å²) in [7, 11) is 1.61. The van der Waals surface area contributed by atoms with Crippen molar-refractivity contribution >= 4 is 35.2 Å². The van der Waals surface area contributed by atoms with Gasteiger partial charge in [-0.25, -0.2) is 0 Å². The van der Waals surface area contributed by atoms with Gasteiger partial charge >= 0.3 is 0 Å². The number of aliphatic imine (C=N–C) groups is 1. The number of ether oxygens (including phenoxy) is 1. The Kier molecular flexibility index (Phi) is 6.19. The van der Waals surface area contributed by atoms with E-state index in [0.29, 0.717) is 29.4 Å². The first-order valence-electron chi connectivity index (χ1n) is 8.51. The molecule has 1 N–H and O–H groups in total. The molecule has 6 heteroatoms. The molecule has 1 atom stereocenters. The minimum Gasteiger partial charge on any atom is -0.511 e. The maximum atomic E-state index is 12.5. The van der Waals surface area contributed by atoms with E-state index in [-0.39, 0.29) is 23.0 Å². The number of Topliss-reactive ketones (excluding diaryl/α,β-unsaturated/α-hetero) is 1. The Hall–Kier alpha value is -2.30. The van der Waals surface area contributed by atoms with Gasteiger partial charge in [-0.15, -0.1) is 0 Å². The van der Waals surface area contributed by atoms with E-state index >= 15 is 0 Å². The van der Waals surface area contributed by atoms with Crippen molar-refractivity contribution in [3.8, 4) is 5.75 Å². The number of aliphatic hydroxyl groups excluding tert-OH is 1. The average Bonchev–Trinajstić information content (AvgIpc) is 2.66. The van der Waals surface area contributed by atoms with E-state index in [2.05, 4.69) is 4.99 Å². The summed E-state index contributed by atoms with van der Waals surface area (Å²) in [5.74, 6) is 0.675. The van der Waals surface area contributed by atoms with Crippen LogP contribution < -0.4 is 4.74 Å². The lowest BCUT2D eigenvalue weighted by Gasteiger charge is -2.22. The third kappa shape index (κ3) is 4.71. The van der Waals surface area contributed by atoms with Gasteiger partial charge in [0.05, 0.1) is 29.3 Å². The standard InChI is InChI=1S/C21H19Cl2NO3/c1-27-16-5-3-14(4-6-16)15-9-20(25)17(21(26)10-15)12-24-11-13-2-7-18(22)19(23)8-13/h2-8,12,15,25H,9-11H2,1H3. The molecular formula is C21H19Cl2NO3. The van der Waals surface area contributed by atoms with Crippen LogP contribution >= 0.6 is 23.2 Å². The molecule has 140 valence electrons. The lowest BCUT2D eigenvalue weighted by molar-refractivity contribution is -0.116. The quantitative estimate of drug-likeness (QED) is 0.667. The number of rotatable bonds is 5. The molecule has 1 aliphatic carbocycles. The Morgan fingerprint density at radius 1 is 1.15 bits per heavy atom. The summed E-state index contributed by atoms with van der Waals surface area (Å²) in [5, 5.41) is 11.3. The molecule has 0 amide bonds. The second-order valence-corrected chi connectivity index (χ2v) is 7.19. The van der Waals surface area contributed by atoms with E-state index in [1.165, 1.54) is 6.21 Å². The summed E-state index contributed by atoms with van der Waals surface area (Å²) >= 11 is 11.9. The van der Waals surface area contributed by atoms with E-state index in [1.807, 2.05) is 30.3 Å². The molecule has 4 nitrogen and oxygen atoms in total. The van der Waals surface area contributed by atoms with Crippen molar-refractivity contribution in [3.63, 3.8) is 0 Å². The number of benzene rings is 2. The van der Waals surface area contributed by atoms with Crippen LogP contribution in [0.5, 0.6) is 5.75 Å². The molecule has 0 saturated heterocycles. The summed E-state index contributed by atoms with van der Waals surface area (Å²) in [6.45, 7) is 0.350. The molecule has 0 bridgehead atoms. The molecule has 0 fully saturated rings. The van der Waals surface area contributed by atoms with Crippen LogP contribution in [0.2, 0.25) is 10.0 Å². The summed E-state index contributed by atoms with van der Waals surface area (Å²) in [4.78, 5) is 16.8. The van der Waals surface area contributed by atoms with Crippen molar-refractivity contribution in [2.75, 3.05) is 7.11 Å². The fourth-order valence-corrected chi connectivity index (χ4v) is 3.37. The Labute approximate surface area is 168 Å². The highest BCUT2D eigenvalue weighted by atomic mass is 35.5. The Morgan fingerprint density at radius 2 is 1.89 bits per heavy atom. The van der Waals surface area contributed by atoms with Gasteiger partial charge < -0.3 is 9.84 Å². The molecule has 0 aromatic heterocycles. The highest BCUT2D eigenvalue weighted by Crippen LogP contribution is 2.33. The number of halogens is 2. The van der Waals surface area contributed by atoms with Gasteiger partial charge in [0.2, 0.25) is 0 Å². The average molecular weight is 404 g/mol. The smallest absolute Gasteiger partial charge is 0.168 e. The maximum absolute atomic E-state index is 12.5. The van der Waals surface area contributed by atoms with Gasteiger partial charge in [-0.2, -0.15) is 0 Å². The molecule has 1 aliphatic rings. The molecule has 0 heterocycles. The number of hydrogen-bond donors (Lipinski definition) is 1. The lowest BCUT2D eigenvalue weighted by Crippen LogP contribution is -2.19. The van der Waals surface area contributed by atoms with Crippen LogP contribution in [-0.2, 0) is 11.3 Å². The molecular weight excluding hydrogens is 385 g/mol. The largest absolute Gasteiger partial charge is 0.511 e. The van der Waals surface area contributed by atoms with Crippen molar-refractivity contribution in [1.82, 2.24) is 0 Å². The Morgan fingerprint density at radius 3 is 2.52 bits per heavy atom. The van der Waals surface area contributed by atoms with Gasteiger partial charge in [0.25, 0.3) is 0 Å². The van der Waals surface area contributed by atoms with Crippen LogP contribution in [0.15, 0.2) is 58.8 Å². The van der Waals surface area contributed by atoms with Crippen LogP contribution in [0.25, 0.3) is 0 Å². The van der Waals surface area contributed by atoms with E-state index < -0.39 is 0 Å². The number of aliphatic hydroxyl groups is 1. The molecule has 0 aliphatic heterocycles. The minimum absolute atomic E-state index is 0.0457. The molecule has 3 rings (SSSR count). The summed E-state index contributed by atoms with van der Waals surface area (Å²) < 4.78 is 5.15. The normalized spacial score (nSPS) is 17.6. The number of nitrogens with zero attached hydrogens (tertiary/aromatic N) is 1. The number of allylic oxidation sites excluding steroid dienone is 2. The highest BCUT2D eigenvalue weighted by molar-refractivity contribution is 6.42. The van der Waals surface area contributed by atoms with Gasteiger partial charge in [-0.1, -0.05) is 41.4 Å². The molecule has 2 aromatic rings. The number of carbonyl (C=O) groups is 1. The molecule has 0 radical (unpaired) electrons. The monoisotopic (exact) mass is 403 g/mol. The van der Waals surface area contributed by atoms with Gasteiger partial charge in [-0.05, 0) is 41.3 Å². The SMILES string of the molecule is COc1ccc(C2CC(=O)C(C=NCc3ccc(Cl)c(Cl)c3)=C(O)C2)cc1. The van der Waals surface area contributed by atoms with Gasteiger partial charge in [0.15, 0.2) is 5.78 Å². The number of hydrogen-bond acceptors (Lipinski definition) is 4. The third-order valence-corrected chi connectivity index (χ3v) is 5.29. The van der Waals surface area contributed by atoms with Crippen LogP contribution in [-0.4, -0.2) is 24.2 Å².